The average molecular weight is 233 g/mol. The molecule has 0 aliphatic heterocycles. The van der Waals surface area contributed by atoms with Crippen LogP contribution in [0, 0.1) is 6.92 Å². The Balaban J connectivity index is 2.69. The van der Waals surface area contributed by atoms with Gasteiger partial charge in [0.1, 0.15) is 11.5 Å². The third-order valence-electron chi connectivity index (χ3n) is 2.78. The Labute approximate surface area is 99.1 Å². The summed E-state index contributed by atoms with van der Waals surface area (Å²) in [5.41, 5.74) is 2.43. The van der Waals surface area contributed by atoms with Crippen LogP contribution >= 0.6 is 0 Å². The largest absolute Gasteiger partial charge is 0.481 e. The van der Waals surface area contributed by atoms with E-state index >= 15 is 0 Å². The van der Waals surface area contributed by atoms with Crippen LogP contribution in [0.15, 0.2) is 6.20 Å². The molecule has 0 radical (unpaired) electrons. The lowest BCUT2D eigenvalue weighted by molar-refractivity contribution is -0.136. The summed E-state index contributed by atoms with van der Waals surface area (Å²) in [5, 5.41) is 9.74. The van der Waals surface area contributed by atoms with E-state index in [1.165, 1.54) is 0 Å². The lowest BCUT2D eigenvalue weighted by Crippen LogP contribution is -2.01. The molecule has 5 heteroatoms. The molecule has 0 unspecified atom stereocenters. The first kappa shape index (κ1) is 11.6. The smallest absolute Gasteiger partial charge is 0.307 e. The lowest BCUT2D eigenvalue weighted by atomic mass is 10.1. The summed E-state index contributed by atoms with van der Waals surface area (Å²) in [4.78, 5) is 19.6. The summed E-state index contributed by atoms with van der Waals surface area (Å²) < 4.78 is 1.86. The summed E-state index contributed by atoms with van der Waals surface area (Å²) in [6, 6.07) is 0. The maximum Gasteiger partial charge on any atom is 0.307 e. The minimum atomic E-state index is -0.837. The molecule has 0 amide bonds. The Morgan fingerprint density at radius 1 is 1.47 bits per heavy atom. The van der Waals surface area contributed by atoms with Gasteiger partial charge in [0.25, 0.3) is 0 Å². The van der Waals surface area contributed by atoms with Gasteiger partial charge in [0.05, 0.1) is 12.1 Å². The van der Waals surface area contributed by atoms with Gasteiger partial charge in [-0.25, -0.2) is 9.97 Å². The molecule has 0 fully saturated rings. The third kappa shape index (κ3) is 2.00. The normalized spacial score (nSPS) is 11.0. The minimum absolute atomic E-state index is 0.00696. The SMILES string of the molecule is CCc1nc(C)c2c(CC(=O)O)cn(C)c2n1. The van der Waals surface area contributed by atoms with E-state index in [1.54, 1.807) is 0 Å². The standard InChI is InChI=1S/C12H15N3O2/c1-4-9-13-7(2)11-8(5-10(16)17)6-15(3)12(11)14-9/h6H,4-5H2,1-3H3,(H,16,17). The molecule has 2 heterocycles. The predicted molar refractivity (Wildman–Crippen MR) is 64.0 cm³/mol. The minimum Gasteiger partial charge on any atom is -0.481 e. The predicted octanol–water partition coefficient (Wildman–Crippen LogP) is 1.47. The monoisotopic (exact) mass is 233 g/mol. The average Bonchev–Trinajstić information content (AvgIpc) is 2.55. The number of fused-ring (bicyclic) bond motifs is 1. The van der Waals surface area contributed by atoms with Gasteiger partial charge in [-0.15, -0.1) is 0 Å². The van der Waals surface area contributed by atoms with Crippen LogP contribution < -0.4 is 0 Å². The highest BCUT2D eigenvalue weighted by Crippen LogP contribution is 2.22. The summed E-state index contributed by atoms with van der Waals surface area (Å²) in [5.74, 6) is -0.0467. The molecule has 17 heavy (non-hydrogen) atoms. The Bertz CT molecular complexity index is 587. The van der Waals surface area contributed by atoms with Crippen molar-refractivity contribution in [1.29, 1.82) is 0 Å². The number of nitrogens with zero attached hydrogens (tertiary/aromatic N) is 3. The molecule has 90 valence electrons. The van der Waals surface area contributed by atoms with E-state index in [4.69, 9.17) is 5.11 Å². The zero-order chi connectivity index (χ0) is 12.6. The van der Waals surface area contributed by atoms with Crippen molar-refractivity contribution in [1.82, 2.24) is 14.5 Å². The Morgan fingerprint density at radius 3 is 2.76 bits per heavy atom. The van der Waals surface area contributed by atoms with Crippen molar-refractivity contribution < 1.29 is 9.90 Å². The van der Waals surface area contributed by atoms with Gasteiger partial charge in [-0.2, -0.15) is 0 Å². The maximum absolute atomic E-state index is 10.8. The quantitative estimate of drug-likeness (QED) is 0.871. The fraction of sp³-hybridized carbons (Fsp3) is 0.417. The third-order valence-corrected chi connectivity index (χ3v) is 2.78. The van der Waals surface area contributed by atoms with E-state index in [0.29, 0.717) is 0 Å². The van der Waals surface area contributed by atoms with Gasteiger partial charge in [0, 0.05) is 25.1 Å². The van der Waals surface area contributed by atoms with E-state index in [-0.39, 0.29) is 6.42 Å². The summed E-state index contributed by atoms with van der Waals surface area (Å²) in [7, 11) is 1.87. The number of carbonyl (C=O) groups is 1. The number of carboxylic acid groups (broad SMARTS) is 1. The number of rotatable bonds is 3. The summed E-state index contributed by atoms with van der Waals surface area (Å²) in [6.45, 7) is 3.90. The Morgan fingerprint density at radius 2 is 2.18 bits per heavy atom. The van der Waals surface area contributed by atoms with Crippen LogP contribution in [-0.4, -0.2) is 25.6 Å². The molecule has 0 aliphatic rings. The molecule has 1 N–H and O–H groups in total. The van der Waals surface area contributed by atoms with Crippen LogP contribution in [0.3, 0.4) is 0 Å². The van der Waals surface area contributed by atoms with Crippen LogP contribution in [0.1, 0.15) is 24.0 Å². The fourth-order valence-electron chi connectivity index (χ4n) is 2.06. The van der Waals surface area contributed by atoms with Gasteiger partial charge in [-0.1, -0.05) is 6.92 Å². The van der Waals surface area contributed by atoms with E-state index in [0.717, 1.165) is 34.5 Å². The number of aliphatic carboxylic acids is 1. The van der Waals surface area contributed by atoms with Crippen LogP contribution in [0.25, 0.3) is 11.0 Å². The molecule has 0 aliphatic carbocycles. The summed E-state index contributed by atoms with van der Waals surface area (Å²) in [6.07, 6.45) is 2.60. The first-order valence-corrected chi connectivity index (χ1v) is 5.56. The van der Waals surface area contributed by atoms with Crippen molar-refractivity contribution in [3.8, 4) is 0 Å². The van der Waals surface area contributed by atoms with Crippen LogP contribution in [-0.2, 0) is 24.7 Å². The van der Waals surface area contributed by atoms with Crippen LogP contribution in [0.2, 0.25) is 0 Å². The van der Waals surface area contributed by atoms with E-state index in [1.807, 2.05) is 31.7 Å². The van der Waals surface area contributed by atoms with Crippen molar-refractivity contribution in [3.05, 3.63) is 23.3 Å². The number of hydrogen-bond acceptors (Lipinski definition) is 3. The second kappa shape index (κ2) is 4.16. The van der Waals surface area contributed by atoms with E-state index < -0.39 is 5.97 Å². The zero-order valence-electron chi connectivity index (χ0n) is 10.2. The van der Waals surface area contributed by atoms with Crippen LogP contribution in [0.5, 0.6) is 0 Å². The molecule has 0 spiro atoms. The molecule has 0 bridgehead atoms. The molecule has 0 aromatic carbocycles. The summed E-state index contributed by atoms with van der Waals surface area (Å²) >= 11 is 0. The van der Waals surface area contributed by atoms with Crippen molar-refractivity contribution in [2.24, 2.45) is 7.05 Å². The van der Waals surface area contributed by atoms with Crippen LogP contribution in [0.4, 0.5) is 0 Å². The molecular formula is C12H15N3O2. The molecule has 0 saturated carbocycles. The number of carboxylic acids is 1. The molecule has 0 saturated heterocycles. The Kier molecular flexibility index (Phi) is 2.83. The fourth-order valence-corrected chi connectivity index (χ4v) is 2.06. The van der Waals surface area contributed by atoms with Gasteiger partial charge >= 0.3 is 5.97 Å². The molecule has 2 aromatic heterocycles. The zero-order valence-corrected chi connectivity index (χ0v) is 10.2. The molecular weight excluding hydrogens is 218 g/mol. The topological polar surface area (TPSA) is 68.0 Å². The molecule has 2 aromatic rings. The highest BCUT2D eigenvalue weighted by molar-refractivity contribution is 5.86. The molecule has 0 atom stereocenters. The second-order valence-corrected chi connectivity index (χ2v) is 4.11. The highest BCUT2D eigenvalue weighted by Gasteiger charge is 2.14. The van der Waals surface area contributed by atoms with Crippen molar-refractivity contribution in [2.75, 3.05) is 0 Å². The van der Waals surface area contributed by atoms with Gasteiger partial charge in [0.2, 0.25) is 0 Å². The van der Waals surface area contributed by atoms with Gasteiger partial charge in [0.15, 0.2) is 0 Å². The van der Waals surface area contributed by atoms with Gasteiger partial charge in [-0.05, 0) is 12.5 Å². The van der Waals surface area contributed by atoms with Gasteiger partial charge in [-0.3, -0.25) is 4.79 Å². The maximum atomic E-state index is 10.8. The highest BCUT2D eigenvalue weighted by atomic mass is 16.4. The number of aromatic nitrogens is 3. The van der Waals surface area contributed by atoms with Gasteiger partial charge < -0.3 is 9.67 Å². The molecule has 5 nitrogen and oxygen atoms in total. The Hall–Kier alpha value is -1.91. The van der Waals surface area contributed by atoms with Crippen molar-refractivity contribution in [3.63, 3.8) is 0 Å². The first-order valence-electron chi connectivity index (χ1n) is 5.56. The number of aryl methyl sites for hydroxylation is 3. The van der Waals surface area contributed by atoms with Crippen molar-refractivity contribution >= 4 is 17.0 Å². The number of hydrogen-bond donors (Lipinski definition) is 1. The lowest BCUT2D eigenvalue weighted by Gasteiger charge is -2.02. The molecule has 2 rings (SSSR count). The van der Waals surface area contributed by atoms with Crippen molar-refractivity contribution in [2.45, 2.75) is 26.7 Å². The second-order valence-electron chi connectivity index (χ2n) is 4.11. The van der Waals surface area contributed by atoms with E-state index in [2.05, 4.69) is 9.97 Å². The first-order chi connectivity index (χ1) is 8.02. The van der Waals surface area contributed by atoms with E-state index in [9.17, 15) is 4.79 Å².